The lowest BCUT2D eigenvalue weighted by Crippen LogP contribution is -1.95. The average Bonchev–Trinajstić information content (AvgIpc) is 3.37. The van der Waals surface area contributed by atoms with Crippen LogP contribution in [0, 0.1) is 0 Å². The highest BCUT2D eigenvalue weighted by Gasteiger charge is 2.24. The molecule has 0 spiro atoms. The van der Waals surface area contributed by atoms with Crippen LogP contribution in [0.2, 0.25) is 0 Å². The summed E-state index contributed by atoms with van der Waals surface area (Å²) in [7, 11) is 0. The van der Waals surface area contributed by atoms with E-state index >= 15 is 0 Å². The van der Waals surface area contributed by atoms with Crippen LogP contribution in [0.3, 0.4) is 0 Å². The fourth-order valence-corrected chi connectivity index (χ4v) is 10.7. The summed E-state index contributed by atoms with van der Waals surface area (Å²) < 4.78 is 0. The van der Waals surface area contributed by atoms with Crippen molar-refractivity contribution in [2.75, 3.05) is 0 Å². The standard InChI is InChI=1S/C64H40/c1-3-17-41(18-4-1)44-31-32-46-38-47(34-33-45(46)37-44)61-51-23-9-13-27-55(51)63(56-28-14-10-24-52(56)61)64-57-29-15-11-25-53(57)62(54-26-12-16-30-58(54)64)60-40-48(42-19-5-2-6-20-42)39-59-49-22-8-7-21-43(49)35-36-50(59)60/h1-40H. The Bertz CT molecular complexity index is 3880. The maximum atomic E-state index is 2.44. The molecule has 13 aromatic rings. The zero-order valence-electron chi connectivity index (χ0n) is 35.1. The Labute approximate surface area is 371 Å². The summed E-state index contributed by atoms with van der Waals surface area (Å²) in [5.41, 5.74) is 12.5. The van der Waals surface area contributed by atoms with Crippen LogP contribution in [0.4, 0.5) is 0 Å². The third-order valence-corrected chi connectivity index (χ3v) is 13.6. The van der Waals surface area contributed by atoms with E-state index in [2.05, 4.69) is 243 Å². The number of hydrogen-bond donors (Lipinski definition) is 0. The highest BCUT2D eigenvalue weighted by atomic mass is 14.3. The first kappa shape index (κ1) is 36.3. The van der Waals surface area contributed by atoms with Crippen LogP contribution in [0.5, 0.6) is 0 Å². The predicted octanol–water partition coefficient (Wildman–Crippen LogP) is 18.1. The van der Waals surface area contributed by atoms with E-state index in [1.807, 2.05) is 0 Å². The van der Waals surface area contributed by atoms with Gasteiger partial charge in [-0.2, -0.15) is 0 Å². The summed E-state index contributed by atoms with van der Waals surface area (Å²) in [5.74, 6) is 0. The first-order valence-corrected chi connectivity index (χ1v) is 22.2. The lowest BCUT2D eigenvalue weighted by molar-refractivity contribution is 1.64. The molecular weight excluding hydrogens is 769 g/mol. The Morgan fingerprint density at radius 2 is 0.547 bits per heavy atom. The van der Waals surface area contributed by atoms with E-state index in [0.717, 1.165) is 0 Å². The predicted molar refractivity (Wildman–Crippen MR) is 276 cm³/mol. The van der Waals surface area contributed by atoms with Gasteiger partial charge in [-0.3, -0.25) is 0 Å². The normalized spacial score (nSPS) is 11.8. The van der Waals surface area contributed by atoms with Crippen molar-refractivity contribution in [1.29, 1.82) is 0 Å². The van der Waals surface area contributed by atoms with Crippen LogP contribution in [0.25, 0.3) is 131 Å². The second-order valence-electron chi connectivity index (χ2n) is 17.1. The molecule has 0 fully saturated rings. The van der Waals surface area contributed by atoms with Crippen LogP contribution >= 0.6 is 0 Å². The van der Waals surface area contributed by atoms with Gasteiger partial charge in [0.1, 0.15) is 0 Å². The monoisotopic (exact) mass is 808 g/mol. The Hall–Kier alpha value is -8.32. The van der Waals surface area contributed by atoms with Gasteiger partial charge in [-0.1, -0.05) is 218 Å². The Balaban J connectivity index is 1.10. The summed E-state index contributed by atoms with van der Waals surface area (Å²) >= 11 is 0. The Kier molecular flexibility index (Phi) is 8.32. The van der Waals surface area contributed by atoms with Crippen molar-refractivity contribution >= 4 is 75.4 Å². The first-order chi connectivity index (χ1) is 31.8. The van der Waals surface area contributed by atoms with Crippen molar-refractivity contribution in [1.82, 2.24) is 0 Å². The van der Waals surface area contributed by atoms with Crippen LogP contribution in [0.15, 0.2) is 243 Å². The summed E-state index contributed by atoms with van der Waals surface area (Å²) in [6.45, 7) is 0. The van der Waals surface area contributed by atoms with Gasteiger partial charge in [0, 0.05) is 0 Å². The van der Waals surface area contributed by atoms with E-state index in [-0.39, 0.29) is 0 Å². The molecule has 0 unspecified atom stereocenters. The van der Waals surface area contributed by atoms with Gasteiger partial charge in [0.2, 0.25) is 0 Å². The van der Waals surface area contributed by atoms with Gasteiger partial charge >= 0.3 is 0 Å². The second-order valence-corrected chi connectivity index (χ2v) is 17.1. The summed E-state index contributed by atoms with van der Waals surface area (Å²) in [6, 6.07) is 90.0. The molecule has 13 aromatic carbocycles. The topological polar surface area (TPSA) is 0 Å². The average molecular weight is 809 g/mol. The molecule has 64 heavy (non-hydrogen) atoms. The van der Waals surface area contributed by atoms with Gasteiger partial charge in [-0.15, -0.1) is 0 Å². The number of benzene rings is 13. The fraction of sp³-hybridized carbons (Fsp3) is 0. The van der Waals surface area contributed by atoms with Crippen LogP contribution in [-0.2, 0) is 0 Å². The zero-order valence-corrected chi connectivity index (χ0v) is 35.1. The van der Waals surface area contributed by atoms with Gasteiger partial charge < -0.3 is 0 Å². The summed E-state index contributed by atoms with van der Waals surface area (Å²) in [6.07, 6.45) is 0. The van der Waals surface area contributed by atoms with Crippen molar-refractivity contribution in [3.05, 3.63) is 243 Å². The smallest absolute Gasteiger partial charge is 0.00139 e. The van der Waals surface area contributed by atoms with Crippen LogP contribution in [0.1, 0.15) is 0 Å². The minimum atomic E-state index is 1.21. The third kappa shape index (κ3) is 5.70. The molecule has 0 atom stereocenters. The lowest BCUT2D eigenvalue weighted by Gasteiger charge is -2.23. The first-order valence-electron chi connectivity index (χ1n) is 22.2. The molecule has 0 aliphatic heterocycles. The summed E-state index contributed by atoms with van der Waals surface area (Å²) in [5, 5.41) is 17.5. The fourth-order valence-electron chi connectivity index (χ4n) is 10.7. The molecule has 0 nitrogen and oxygen atoms in total. The molecule has 0 aliphatic rings. The molecule has 0 aliphatic carbocycles. The second kappa shape index (κ2) is 14.7. The van der Waals surface area contributed by atoms with E-state index in [1.54, 1.807) is 0 Å². The van der Waals surface area contributed by atoms with E-state index in [9.17, 15) is 0 Å². The van der Waals surface area contributed by atoms with E-state index < -0.39 is 0 Å². The van der Waals surface area contributed by atoms with Gasteiger partial charge in [0.25, 0.3) is 0 Å². The quantitative estimate of drug-likeness (QED) is 0.120. The van der Waals surface area contributed by atoms with Gasteiger partial charge in [0.15, 0.2) is 0 Å². The minimum Gasteiger partial charge on any atom is -0.0622 e. The molecule has 0 heterocycles. The molecule has 0 N–H and O–H groups in total. The SMILES string of the molecule is c1ccc(-c2ccc3cc(-c4c5ccccc5c(-c5c6ccccc6c(-c6cc(-c7ccccc7)cc7c6ccc6ccccc67)c6ccccc56)c5ccccc45)ccc3c2)cc1. The van der Waals surface area contributed by atoms with E-state index in [1.165, 1.54) is 131 Å². The molecule has 296 valence electrons. The minimum absolute atomic E-state index is 1.21. The van der Waals surface area contributed by atoms with Gasteiger partial charge in [0.05, 0.1) is 0 Å². The van der Waals surface area contributed by atoms with Crippen LogP contribution in [-0.4, -0.2) is 0 Å². The zero-order chi connectivity index (χ0) is 42.1. The molecule has 0 amide bonds. The molecule has 0 bridgehead atoms. The van der Waals surface area contributed by atoms with E-state index in [0.29, 0.717) is 0 Å². The van der Waals surface area contributed by atoms with Gasteiger partial charge in [-0.05, 0) is 155 Å². The molecular formula is C64H40. The van der Waals surface area contributed by atoms with Crippen molar-refractivity contribution in [2.24, 2.45) is 0 Å². The molecule has 0 saturated heterocycles. The molecule has 0 radical (unpaired) electrons. The number of fused-ring (bicyclic) bond motifs is 8. The largest absolute Gasteiger partial charge is 0.0622 e. The van der Waals surface area contributed by atoms with Crippen molar-refractivity contribution in [2.45, 2.75) is 0 Å². The maximum Gasteiger partial charge on any atom is -0.00139 e. The van der Waals surface area contributed by atoms with E-state index in [4.69, 9.17) is 0 Å². The van der Waals surface area contributed by atoms with Gasteiger partial charge in [-0.25, -0.2) is 0 Å². The maximum absolute atomic E-state index is 2.44. The molecule has 0 heteroatoms. The van der Waals surface area contributed by atoms with Crippen molar-refractivity contribution in [3.63, 3.8) is 0 Å². The van der Waals surface area contributed by atoms with Crippen LogP contribution < -0.4 is 0 Å². The molecule has 0 aromatic heterocycles. The summed E-state index contributed by atoms with van der Waals surface area (Å²) in [4.78, 5) is 0. The molecule has 13 rings (SSSR count). The Morgan fingerprint density at radius 3 is 1.08 bits per heavy atom. The lowest BCUT2D eigenvalue weighted by atomic mass is 9.80. The van der Waals surface area contributed by atoms with Crippen molar-refractivity contribution < 1.29 is 0 Å². The highest BCUT2D eigenvalue weighted by Crippen LogP contribution is 2.51. The highest BCUT2D eigenvalue weighted by molar-refractivity contribution is 6.31. The number of hydrogen-bond acceptors (Lipinski definition) is 0. The third-order valence-electron chi connectivity index (χ3n) is 13.6. The Morgan fingerprint density at radius 1 is 0.156 bits per heavy atom. The molecule has 0 saturated carbocycles. The van der Waals surface area contributed by atoms with Crippen molar-refractivity contribution in [3.8, 4) is 55.6 Å². The number of rotatable bonds is 5.